The van der Waals surface area contributed by atoms with E-state index in [1.165, 1.54) is 5.56 Å². The third-order valence-electron chi connectivity index (χ3n) is 3.89. The summed E-state index contributed by atoms with van der Waals surface area (Å²) in [5, 5.41) is 3.65. The highest BCUT2D eigenvalue weighted by Gasteiger charge is 2.25. The van der Waals surface area contributed by atoms with E-state index >= 15 is 0 Å². The van der Waals surface area contributed by atoms with Crippen molar-refractivity contribution in [2.75, 3.05) is 33.5 Å². The van der Waals surface area contributed by atoms with Crippen LogP contribution in [0.3, 0.4) is 0 Å². The number of para-hydroxylation sites is 1. The minimum absolute atomic E-state index is 0.261. The van der Waals surface area contributed by atoms with Crippen LogP contribution in [0.2, 0.25) is 0 Å². The molecule has 2 rings (SSSR count). The van der Waals surface area contributed by atoms with Gasteiger partial charge in [0.15, 0.2) is 11.5 Å². The normalized spacial score (nSPS) is 16.5. The zero-order valence-electron chi connectivity index (χ0n) is 13.4. The van der Waals surface area contributed by atoms with Gasteiger partial charge in [-0.3, -0.25) is 0 Å². The van der Waals surface area contributed by atoms with Gasteiger partial charge in [0, 0.05) is 25.3 Å². The number of methoxy groups -OCH3 is 1. The summed E-state index contributed by atoms with van der Waals surface area (Å²) in [4.78, 5) is 0. The van der Waals surface area contributed by atoms with Crippen LogP contribution >= 0.6 is 0 Å². The molecule has 0 saturated heterocycles. The molecule has 0 aromatic heterocycles. The Morgan fingerprint density at radius 3 is 2.86 bits per heavy atom. The predicted octanol–water partition coefficient (Wildman–Crippen LogP) is 3.17. The van der Waals surface area contributed by atoms with Gasteiger partial charge in [0.05, 0.1) is 0 Å². The molecule has 4 heteroatoms. The lowest BCUT2D eigenvalue weighted by Crippen LogP contribution is -2.29. The van der Waals surface area contributed by atoms with Crippen molar-refractivity contribution in [3.63, 3.8) is 0 Å². The van der Waals surface area contributed by atoms with Crippen molar-refractivity contribution in [2.24, 2.45) is 5.92 Å². The van der Waals surface area contributed by atoms with Gasteiger partial charge in [-0.1, -0.05) is 26.0 Å². The second kappa shape index (κ2) is 8.25. The van der Waals surface area contributed by atoms with Gasteiger partial charge in [0.25, 0.3) is 0 Å². The Labute approximate surface area is 127 Å². The van der Waals surface area contributed by atoms with E-state index in [0.717, 1.165) is 37.5 Å². The maximum atomic E-state index is 5.87. The van der Waals surface area contributed by atoms with Crippen molar-refractivity contribution in [3.05, 3.63) is 23.8 Å². The Hall–Kier alpha value is -1.26. The molecule has 1 aliphatic heterocycles. The monoisotopic (exact) mass is 293 g/mol. The van der Waals surface area contributed by atoms with Gasteiger partial charge >= 0.3 is 0 Å². The van der Waals surface area contributed by atoms with Crippen molar-refractivity contribution in [1.82, 2.24) is 5.32 Å². The molecule has 1 aromatic rings. The second-order valence-corrected chi connectivity index (χ2v) is 5.56. The molecule has 1 aliphatic rings. The molecule has 1 N–H and O–H groups in total. The number of hydrogen-bond donors (Lipinski definition) is 1. The minimum Gasteiger partial charge on any atom is -0.486 e. The molecule has 0 bridgehead atoms. The standard InChI is InChI=1S/C17H27NO3/c1-4-9-18-16(13(2)8-10-19-3)14-6-5-7-15-17(14)21-12-11-20-15/h5-7,13,16,18H,4,8-12H2,1-3H3. The number of benzene rings is 1. The SMILES string of the molecule is CCCNC(c1cccc2c1OCCO2)C(C)CCOC. The molecule has 2 atom stereocenters. The summed E-state index contributed by atoms with van der Waals surface area (Å²) in [6.45, 7) is 7.46. The van der Waals surface area contributed by atoms with E-state index in [1.807, 2.05) is 12.1 Å². The maximum absolute atomic E-state index is 5.87. The van der Waals surface area contributed by atoms with E-state index in [2.05, 4.69) is 25.2 Å². The van der Waals surface area contributed by atoms with Gasteiger partial charge in [-0.25, -0.2) is 0 Å². The minimum atomic E-state index is 0.261. The Bertz CT molecular complexity index is 436. The van der Waals surface area contributed by atoms with E-state index in [4.69, 9.17) is 14.2 Å². The summed E-state index contributed by atoms with van der Waals surface area (Å²) in [5.41, 5.74) is 1.20. The zero-order valence-corrected chi connectivity index (χ0v) is 13.4. The van der Waals surface area contributed by atoms with Crippen molar-refractivity contribution in [2.45, 2.75) is 32.7 Å². The largest absolute Gasteiger partial charge is 0.486 e. The summed E-state index contributed by atoms with van der Waals surface area (Å²) in [5.74, 6) is 2.23. The molecule has 0 spiro atoms. The van der Waals surface area contributed by atoms with Crippen LogP contribution in [0.15, 0.2) is 18.2 Å². The highest BCUT2D eigenvalue weighted by Crippen LogP contribution is 2.39. The number of ether oxygens (including phenoxy) is 3. The Morgan fingerprint density at radius 2 is 2.10 bits per heavy atom. The topological polar surface area (TPSA) is 39.7 Å². The number of fused-ring (bicyclic) bond motifs is 1. The second-order valence-electron chi connectivity index (χ2n) is 5.56. The van der Waals surface area contributed by atoms with Gasteiger partial charge in [0.1, 0.15) is 13.2 Å². The zero-order chi connectivity index (χ0) is 15.1. The van der Waals surface area contributed by atoms with E-state index in [-0.39, 0.29) is 6.04 Å². The van der Waals surface area contributed by atoms with Gasteiger partial charge < -0.3 is 19.5 Å². The van der Waals surface area contributed by atoms with Crippen molar-refractivity contribution >= 4 is 0 Å². The van der Waals surface area contributed by atoms with Gasteiger partial charge in [0.2, 0.25) is 0 Å². The fraction of sp³-hybridized carbons (Fsp3) is 0.647. The molecule has 4 nitrogen and oxygen atoms in total. The number of rotatable bonds is 8. The number of hydrogen-bond acceptors (Lipinski definition) is 4. The Morgan fingerprint density at radius 1 is 1.29 bits per heavy atom. The molecule has 118 valence electrons. The van der Waals surface area contributed by atoms with Crippen molar-refractivity contribution < 1.29 is 14.2 Å². The first-order valence-electron chi connectivity index (χ1n) is 7.88. The quantitative estimate of drug-likeness (QED) is 0.799. The van der Waals surface area contributed by atoms with E-state index in [9.17, 15) is 0 Å². The van der Waals surface area contributed by atoms with Crippen LogP contribution in [-0.4, -0.2) is 33.5 Å². The fourth-order valence-electron chi connectivity index (χ4n) is 2.73. The molecule has 0 aliphatic carbocycles. The van der Waals surface area contributed by atoms with Crippen molar-refractivity contribution in [3.8, 4) is 11.5 Å². The molecule has 21 heavy (non-hydrogen) atoms. The molecule has 1 aromatic carbocycles. The first-order valence-corrected chi connectivity index (χ1v) is 7.88. The van der Waals surface area contributed by atoms with E-state index in [1.54, 1.807) is 7.11 Å². The molecular formula is C17H27NO3. The first-order chi connectivity index (χ1) is 10.3. The third-order valence-corrected chi connectivity index (χ3v) is 3.89. The van der Waals surface area contributed by atoms with Crippen LogP contribution in [0, 0.1) is 5.92 Å². The maximum Gasteiger partial charge on any atom is 0.166 e. The van der Waals surface area contributed by atoms with Crippen LogP contribution < -0.4 is 14.8 Å². The molecular weight excluding hydrogens is 266 g/mol. The summed E-state index contributed by atoms with van der Waals surface area (Å²) in [6.07, 6.45) is 2.13. The van der Waals surface area contributed by atoms with Crippen molar-refractivity contribution in [1.29, 1.82) is 0 Å². The molecule has 0 radical (unpaired) electrons. The van der Waals surface area contributed by atoms with Gasteiger partial charge in [-0.15, -0.1) is 0 Å². The molecule has 0 amide bonds. The third kappa shape index (κ3) is 4.11. The van der Waals surface area contributed by atoms with E-state index < -0.39 is 0 Å². The molecule has 2 unspecified atom stereocenters. The van der Waals surface area contributed by atoms with Gasteiger partial charge in [-0.05, 0) is 31.4 Å². The molecule has 0 fully saturated rings. The van der Waals surface area contributed by atoms with E-state index in [0.29, 0.717) is 19.1 Å². The average Bonchev–Trinajstić information content (AvgIpc) is 2.53. The van der Waals surface area contributed by atoms with Crippen LogP contribution in [0.1, 0.15) is 38.3 Å². The lowest BCUT2D eigenvalue weighted by atomic mass is 9.91. The van der Waals surface area contributed by atoms with Crippen LogP contribution in [0.4, 0.5) is 0 Å². The average molecular weight is 293 g/mol. The summed E-state index contributed by atoms with van der Waals surface area (Å²) >= 11 is 0. The lowest BCUT2D eigenvalue weighted by molar-refractivity contribution is 0.159. The van der Waals surface area contributed by atoms with Gasteiger partial charge in [-0.2, -0.15) is 0 Å². The summed E-state index contributed by atoms with van der Waals surface area (Å²) in [6, 6.07) is 6.43. The molecule has 0 saturated carbocycles. The summed E-state index contributed by atoms with van der Waals surface area (Å²) in [7, 11) is 1.75. The highest BCUT2D eigenvalue weighted by atomic mass is 16.6. The van der Waals surface area contributed by atoms with Crippen LogP contribution in [-0.2, 0) is 4.74 Å². The lowest BCUT2D eigenvalue weighted by Gasteiger charge is -2.29. The number of nitrogens with one attached hydrogen (secondary N) is 1. The first kappa shape index (κ1) is 16.1. The van der Waals surface area contributed by atoms with Crippen LogP contribution in [0.25, 0.3) is 0 Å². The molecule has 1 heterocycles. The highest BCUT2D eigenvalue weighted by molar-refractivity contribution is 5.49. The van der Waals surface area contributed by atoms with Crippen LogP contribution in [0.5, 0.6) is 11.5 Å². The fourth-order valence-corrected chi connectivity index (χ4v) is 2.73. The smallest absolute Gasteiger partial charge is 0.166 e. The predicted molar refractivity (Wildman–Crippen MR) is 84.1 cm³/mol. The summed E-state index contributed by atoms with van der Waals surface area (Å²) < 4.78 is 16.8. The Balaban J connectivity index is 2.23. The Kier molecular flexibility index (Phi) is 6.33.